The van der Waals surface area contributed by atoms with E-state index in [-0.39, 0.29) is 17.9 Å². The molecule has 0 heterocycles. The number of aliphatic carboxylic acids is 1. The molecule has 1 aromatic rings. The Balaban J connectivity index is 2.96. The quantitative estimate of drug-likeness (QED) is 0.926. The zero-order chi connectivity index (χ0) is 13.9. The normalized spacial score (nSPS) is 11.9. The number of benzene rings is 1. The molecule has 0 fully saturated rings. The summed E-state index contributed by atoms with van der Waals surface area (Å²) in [5.74, 6) is -1.21. The van der Waals surface area contributed by atoms with E-state index in [0.717, 1.165) is 10.0 Å². The third kappa shape index (κ3) is 4.38. The topological polar surface area (TPSA) is 40.5 Å². The van der Waals surface area contributed by atoms with Crippen molar-refractivity contribution in [1.82, 2.24) is 4.90 Å². The highest BCUT2D eigenvalue weighted by Crippen LogP contribution is 2.23. The third-order valence-electron chi connectivity index (χ3n) is 2.64. The van der Waals surface area contributed by atoms with Crippen LogP contribution in [0.25, 0.3) is 0 Å². The summed E-state index contributed by atoms with van der Waals surface area (Å²) in [6.07, 6.45) is 0. The molecule has 0 saturated heterocycles. The van der Waals surface area contributed by atoms with E-state index < -0.39 is 5.97 Å². The molecule has 100 valence electrons. The van der Waals surface area contributed by atoms with Crippen LogP contribution in [-0.2, 0) is 11.3 Å². The molecule has 0 amide bonds. The molecule has 3 nitrogen and oxygen atoms in total. The van der Waals surface area contributed by atoms with Gasteiger partial charge in [-0.2, -0.15) is 0 Å². The Kier molecular flexibility index (Phi) is 4.87. The molecule has 0 bridgehead atoms. The van der Waals surface area contributed by atoms with Gasteiger partial charge in [-0.05, 0) is 44.5 Å². The summed E-state index contributed by atoms with van der Waals surface area (Å²) in [5, 5.41) is 8.92. The largest absolute Gasteiger partial charge is 0.480 e. The van der Waals surface area contributed by atoms with E-state index in [9.17, 15) is 9.18 Å². The first-order valence-corrected chi connectivity index (χ1v) is 6.40. The summed E-state index contributed by atoms with van der Waals surface area (Å²) in [4.78, 5) is 12.7. The number of rotatable bonds is 4. The standard InChI is InChI=1S/C13H17BrFNO2/c1-13(2,3)16(8-12(17)18)7-9-6-10(15)4-5-11(9)14/h4-6H,7-8H2,1-3H3,(H,17,18). The van der Waals surface area contributed by atoms with E-state index in [1.165, 1.54) is 12.1 Å². The predicted octanol–water partition coefficient (Wildman–Crippen LogP) is 3.27. The highest BCUT2D eigenvalue weighted by atomic mass is 79.9. The van der Waals surface area contributed by atoms with Crippen LogP contribution in [0, 0.1) is 5.82 Å². The summed E-state index contributed by atoms with van der Waals surface area (Å²) in [5.41, 5.74) is 0.440. The number of carbonyl (C=O) groups is 1. The Bertz CT molecular complexity index is 443. The fourth-order valence-electron chi connectivity index (χ4n) is 1.56. The van der Waals surface area contributed by atoms with Gasteiger partial charge < -0.3 is 5.11 Å². The molecule has 0 saturated carbocycles. The summed E-state index contributed by atoms with van der Waals surface area (Å²) in [6, 6.07) is 4.42. The summed E-state index contributed by atoms with van der Waals surface area (Å²) in [6.45, 7) is 6.11. The lowest BCUT2D eigenvalue weighted by Gasteiger charge is -2.34. The van der Waals surface area contributed by atoms with Crippen LogP contribution >= 0.6 is 15.9 Å². The molecule has 5 heteroatoms. The van der Waals surface area contributed by atoms with Gasteiger partial charge in [0.2, 0.25) is 0 Å². The van der Waals surface area contributed by atoms with E-state index in [4.69, 9.17) is 5.11 Å². The van der Waals surface area contributed by atoms with Crippen LogP contribution in [-0.4, -0.2) is 28.1 Å². The third-order valence-corrected chi connectivity index (χ3v) is 3.42. The van der Waals surface area contributed by atoms with Gasteiger partial charge in [0, 0.05) is 16.6 Å². The number of hydrogen-bond donors (Lipinski definition) is 1. The van der Waals surface area contributed by atoms with Crippen molar-refractivity contribution in [2.45, 2.75) is 32.9 Å². The lowest BCUT2D eigenvalue weighted by atomic mass is 10.0. The van der Waals surface area contributed by atoms with Crippen molar-refractivity contribution in [2.75, 3.05) is 6.54 Å². The minimum atomic E-state index is -0.891. The molecular weight excluding hydrogens is 301 g/mol. The maximum absolute atomic E-state index is 13.2. The van der Waals surface area contributed by atoms with E-state index in [1.807, 2.05) is 20.8 Å². The van der Waals surface area contributed by atoms with E-state index in [0.29, 0.717) is 6.54 Å². The van der Waals surface area contributed by atoms with Crippen molar-refractivity contribution in [1.29, 1.82) is 0 Å². The Morgan fingerprint density at radius 1 is 1.44 bits per heavy atom. The Morgan fingerprint density at radius 3 is 2.56 bits per heavy atom. The Labute approximate surface area is 115 Å². The molecule has 0 aliphatic heterocycles. The van der Waals surface area contributed by atoms with Crippen molar-refractivity contribution in [3.05, 3.63) is 34.1 Å². The smallest absolute Gasteiger partial charge is 0.317 e. The van der Waals surface area contributed by atoms with Crippen molar-refractivity contribution in [3.8, 4) is 0 Å². The molecule has 1 rings (SSSR count). The number of nitrogens with zero attached hydrogens (tertiary/aromatic N) is 1. The lowest BCUT2D eigenvalue weighted by molar-refractivity contribution is -0.139. The molecular formula is C13H17BrFNO2. The van der Waals surface area contributed by atoms with Crippen LogP contribution in [0.2, 0.25) is 0 Å². The zero-order valence-electron chi connectivity index (χ0n) is 10.7. The second kappa shape index (κ2) is 5.80. The molecule has 1 N–H and O–H groups in total. The highest BCUT2D eigenvalue weighted by Gasteiger charge is 2.24. The molecule has 0 aliphatic rings. The van der Waals surface area contributed by atoms with Gasteiger partial charge in [-0.1, -0.05) is 15.9 Å². The molecule has 0 aromatic heterocycles. The lowest BCUT2D eigenvalue weighted by Crippen LogP contribution is -2.43. The van der Waals surface area contributed by atoms with E-state index in [2.05, 4.69) is 15.9 Å². The van der Waals surface area contributed by atoms with Gasteiger partial charge >= 0.3 is 5.97 Å². The van der Waals surface area contributed by atoms with Crippen LogP contribution in [0.1, 0.15) is 26.3 Å². The van der Waals surface area contributed by atoms with Crippen molar-refractivity contribution in [2.24, 2.45) is 0 Å². The maximum atomic E-state index is 13.2. The summed E-state index contributed by atoms with van der Waals surface area (Å²) < 4.78 is 14.0. The van der Waals surface area contributed by atoms with Crippen LogP contribution in [0.15, 0.2) is 22.7 Å². The number of carboxylic acid groups (broad SMARTS) is 1. The van der Waals surface area contributed by atoms with Crippen LogP contribution < -0.4 is 0 Å². The number of halogens is 2. The second-order valence-corrected chi connectivity index (χ2v) is 6.01. The highest BCUT2D eigenvalue weighted by molar-refractivity contribution is 9.10. The minimum absolute atomic E-state index is 0.0769. The zero-order valence-corrected chi connectivity index (χ0v) is 12.3. The predicted molar refractivity (Wildman–Crippen MR) is 71.9 cm³/mol. The van der Waals surface area contributed by atoms with Crippen LogP contribution in [0.3, 0.4) is 0 Å². The van der Waals surface area contributed by atoms with Crippen molar-refractivity contribution < 1.29 is 14.3 Å². The fraction of sp³-hybridized carbons (Fsp3) is 0.462. The molecule has 0 radical (unpaired) electrons. The van der Waals surface area contributed by atoms with Crippen LogP contribution in [0.5, 0.6) is 0 Å². The minimum Gasteiger partial charge on any atom is -0.480 e. The van der Waals surface area contributed by atoms with Crippen LogP contribution in [0.4, 0.5) is 4.39 Å². The first-order valence-electron chi connectivity index (χ1n) is 5.61. The molecule has 18 heavy (non-hydrogen) atoms. The molecule has 0 aliphatic carbocycles. The summed E-state index contributed by atoms with van der Waals surface area (Å²) in [7, 11) is 0. The van der Waals surface area contributed by atoms with E-state index >= 15 is 0 Å². The number of hydrogen-bond acceptors (Lipinski definition) is 2. The molecule has 1 aromatic carbocycles. The first-order chi connectivity index (χ1) is 8.20. The molecule has 0 spiro atoms. The van der Waals surface area contributed by atoms with E-state index in [1.54, 1.807) is 11.0 Å². The van der Waals surface area contributed by atoms with Gasteiger partial charge in [-0.25, -0.2) is 4.39 Å². The monoisotopic (exact) mass is 317 g/mol. The summed E-state index contributed by atoms with van der Waals surface area (Å²) >= 11 is 3.35. The average molecular weight is 318 g/mol. The van der Waals surface area contributed by atoms with Gasteiger partial charge in [-0.3, -0.25) is 9.69 Å². The second-order valence-electron chi connectivity index (χ2n) is 5.16. The van der Waals surface area contributed by atoms with Gasteiger partial charge in [0.25, 0.3) is 0 Å². The number of carboxylic acids is 1. The molecule has 0 atom stereocenters. The Morgan fingerprint density at radius 2 is 2.06 bits per heavy atom. The van der Waals surface area contributed by atoms with Gasteiger partial charge in [0.15, 0.2) is 0 Å². The van der Waals surface area contributed by atoms with Gasteiger partial charge in [-0.15, -0.1) is 0 Å². The average Bonchev–Trinajstić information content (AvgIpc) is 2.20. The fourth-order valence-corrected chi connectivity index (χ4v) is 1.94. The SMILES string of the molecule is CC(C)(C)N(CC(=O)O)Cc1cc(F)ccc1Br. The Hall–Kier alpha value is -0.940. The van der Waals surface area contributed by atoms with Crippen molar-refractivity contribution in [3.63, 3.8) is 0 Å². The van der Waals surface area contributed by atoms with Gasteiger partial charge in [0.1, 0.15) is 5.82 Å². The molecule has 0 unspecified atom stereocenters. The van der Waals surface area contributed by atoms with Crippen molar-refractivity contribution >= 4 is 21.9 Å². The first kappa shape index (κ1) is 15.1. The maximum Gasteiger partial charge on any atom is 0.317 e. The van der Waals surface area contributed by atoms with Gasteiger partial charge in [0.05, 0.1) is 6.54 Å².